The molecule has 1 heterocycles. The number of halogens is 2. The van der Waals surface area contributed by atoms with Gasteiger partial charge in [-0.15, -0.1) is 0 Å². The van der Waals surface area contributed by atoms with Crippen molar-refractivity contribution in [2.75, 3.05) is 11.9 Å². The first-order valence-corrected chi connectivity index (χ1v) is 6.06. The lowest BCUT2D eigenvalue weighted by molar-refractivity contribution is 0.209. The summed E-state index contributed by atoms with van der Waals surface area (Å²) in [6, 6.07) is 12.7. The molecule has 4 heteroatoms. The van der Waals surface area contributed by atoms with Crippen LogP contribution in [0.25, 0.3) is 0 Å². The van der Waals surface area contributed by atoms with E-state index in [-0.39, 0.29) is 11.1 Å². The SMILES string of the molecule is Fc1cc2c(cc1Cl)NCC(c1ccccc1)O2. The van der Waals surface area contributed by atoms with Crippen LogP contribution in [0.5, 0.6) is 5.75 Å². The standard InChI is InChI=1S/C14H11ClFNO/c15-10-6-12-13(7-11(10)16)18-14(8-17-12)9-4-2-1-3-5-9/h1-7,14,17H,8H2. The van der Waals surface area contributed by atoms with Gasteiger partial charge in [0.15, 0.2) is 0 Å². The monoisotopic (exact) mass is 263 g/mol. The summed E-state index contributed by atoms with van der Waals surface area (Å²) < 4.78 is 19.2. The summed E-state index contributed by atoms with van der Waals surface area (Å²) in [5.74, 6) is 0.0305. The van der Waals surface area contributed by atoms with Gasteiger partial charge in [-0.2, -0.15) is 0 Å². The zero-order valence-electron chi connectivity index (χ0n) is 9.49. The van der Waals surface area contributed by atoms with E-state index < -0.39 is 5.82 Å². The Bertz CT molecular complexity index is 574. The van der Waals surface area contributed by atoms with Gasteiger partial charge in [-0.3, -0.25) is 0 Å². The molecule has 0 bridgehead atoms. The number of nitrogens with one attached hydrogen (secondary N) is 1. The van der Waals surface area contributed by atoms with E-state index in [4.69, 9.17) is 16.3 Å². The largest absolute Gasteiger partial charge is 0.482 e. The fourth-order valence-electron chi connectivity index (χ4n) is 2.02. The summed E-state index contributed by atoms with van der Waals surface area (Å²) in [6.07, 6.45) is -0.112. The summed E-state index contributed by atoms with van der Waals surface area (Å²) in [5.41, 5.74) is 1.79. The van der Waals surface area contributed by atoms with Gasteiger partial charge < -0.3 is 10.1 Å². The third-order valence-electron chi connectivity index (χ3n) is 2.94. The highest BCUT2D eigenvalue weighted by Gasteiger charge is 2.22. The molecule has 0 saturated carbocycles. The summed E-state index contributed by atoms with van der Waals surface area (Å²) >= 11 is 5.73. The topological polar surface area (TPSA) is 21.3 Å². The van der Waals surface area contributed by atoms with Crippen molar-refractivity contribution >= 4 is 17.3 Å². The third-order valence-corrected chi connectivity index (χ3v) is 3.23. The maximum atomic E-state index is 13.4. The van der Waals surface area contributed by atoms with Crippen molar-refractivity contribution in [3.05, 3.63) is 58.9 Å². The molecule has 92 valence electrons. The minimum atomic E-state index is -0.467. The van der Waals surface area contributed by atoms with Crippen LogP contribution < -0.4 is 10.1 Å². The van der Waals surface area contributed by atoms with Crippen LogP contribution in [-0.2, 0) is 0 Å². The smallest absolute Gasteiger partial charge is 0.146 e. The van der Waals surface area contributed by atoms with Gasteiger partial charge in [0.1, 0.15) is 17.7 Å². The molecule has 2 nitrogen and oxygen atoms in total. The summed E-state index contributed by atoms with van der Waals surface area (Å²) in [7, 11) is 0. The van der Waals surface area contributed by atoms with Gasteiger partial charge >= 0.3 is 0 Å². The van der Waals surface area contributed by atoms with E-state index in [2.05, 4.69) is 5.32 Å². The van der Waals surface area contributed by atoms with Gasteiger partial charge in [0.25, 0.3) is 0 Å². The van der Waals surface area contributed by atoms with Crippen molar-refractivity contribution in [3.8, 4) is 5.75 Å². The predicted molar refractivity (Wildman–Crippen MR) is 69.7 cm³/mol. The number of benzene rings is 2. The second-order valence-corrected chi connectivity index (χ2v) is 4.57. The Hall–Kier alpha value is -1.74. The first-order chi connectivity index (χ1) is 8.74. The van der Waals surface area contributed by atoms with Crippen LogP contribution in [0, 0.1) is 5.82 Å². The quantitative estimate of drug-likeness (QED) is 0.839. The average Bonchev–Trinajstić information content (AvgIpc) is 2.41. The number of anilines is 1. The van der Waals surface area contributed by atoms with E-state index in [9.17, 15) is 4.39 Å². The van der Waals surface area contributed by atoms with Gasteiger partial charge in [0, 0.05) is 6.07 Å². The van der Waals surface area contributed by atoms with Gasteiger partial charge in [0.05, 0.1) is 17.3 Å². The van der Waals surface area contributed by atoms with E-state index in [1.807, 2.05) is 30.3 Å². The maximum Gasteiger partial charge on any atom is 0.146 e. The molecule has 0 spiro atoms. The Labute approximate surface area is 109 Å². The van der Waals surface area contributed by atoms with Crippen molar-refractivity contribution in [1.82, 2.24) is 0 Å². The molecule has 0 fully saturated rings. The van der Waals surface area contributed by atoms with Crippen molar-refractivity contribution in [3.63, 3.8) is 0 Å². The van der Waals surface area contributed by atoms with E-state index in [0.29, 0.717) is 12.3 Å². The predicted octanol–water partition coefficient (Wildman–Crippen LogP) is 4.02. The summed E-state index contributed by atoms with van der Waals surface area (Å²) in [6.45, 7) is 0.638. The molecular weight excluding hydrogens is 253 g/mol. The van der Waals surface area contributed by atoms with Crippen LogP contribution in [0.15, 0.2) is 42.5 Å². The first kappa shape index (κ1) is 11.4. The van der Waals surface area contributed by atoms with Crippen LogP contribution in [0.1, 0.15) is 11.7 Å². The summed E-state index contributed by atoms with van der Waals surface area (Å²) in [5, 5.41) is 3.30. The molecule has 0 aliphatic carbocycles. The molecule has 0 saturated heterocycles. The molecule has 0 radical (unpaired) electrons. The maximum absolute atomic E-state index is 13.4. The zero-order valence-corrected chi connectivity index (χ0v) is 10.2. The normalized spacial score (nSPS) is 17.6. The number of hydrogen-bond acceptors (Lipinski definition) is 2. The fourth-order valence-corrected chi connectivity index (χ4v) is 2.18. The van der Waals surface area contributed by atoms with Crippen molar-refractivity contribution in [1.29, 1.82) is 0 Å². The minimum absolute atomic E-state index is 0.100. The number of rotatable bonds is 1. The molecule has 0 amide bonds. The van der Waals surface area contributed by atoms with Crippen molar-refractivity contribution in [2.24, 2.45) is 0 Å². The molecule has 3 rings (SSSR count). The lowest BCUT2D eigenvalue weighted by Gasteiger charge is -2.27. The van der Waals surface area contributed by atoms with Crippen LogP contribution in [0.3, 0.4) is 0 Å². The van der Waals surface area contributed by atoms with E-state index in [0.717, 1.165) is 11.3 Å². The second kappa shape index (κ2) is 4.50. The Balaban J connectivity index is 1.92. The number of fused-ring (bicyclic) bond motifs is 1. The molecule has 0 aromatic heterocycles. The summed E-state index contributed by atoms with van der Waals surface area (Å²) in [4.78, 5) is 0. The Kier molecular flexibility index (Phi) is 2.84. The minimum Gasteiger partial charge on any atom is -0.482 e. The molecule has 1 aliphatic heterocycles. The highest BCUT2D eigenvalue weighted by molar-refractivity contribution is 6.31. The van der Waals surface area contributed by atoms with Crippen molar-refractivity contribution < 1.29 is 9.13 Å². The molecule has 1 unspecified atom stereocenters. The van der Waals surface area contributed by atoms with Crippen LogP contribution in [0.2, 0.25) is 5.02 Å². The highest BCUT2D eigenvalue weighted by Crippen LogP contribution is 2.37. The molecule has 2 aromatic carbocycles. The zero-order chi connectivity index (χ0) is 12.5. The molecule has 18 heavy (non-hydrogen) atoms. The molecular formula is C14H11ClFNO. The average molecular weight is 264 g/mol. The third kappa shape index (κ3) is 2.02. The van der Waals surface area contributed by atoms with E-state index in [1.165, 1.54) is 6.07 Å². The van der Waals surface area contributed by atoms with Gasteiger partial charge in [-0.1, -0.05) is 41.9 Å². The Morgan fingerprint density at radius 3 is 2.78 bits per heavy atom. The lowest BCUT2D eigenvalue weighted by atomic mass is 10.1. The molecule has 1 aliphatic rings. The Morgan fingerprint density at radius 1 is 1.22 bits per heavy atom. The van der Waals surface area contributed by atoms with Crippen LogP contribution in [-0.4, -0.2) is 6.54 Å². The highest BCUT2D eigenvalue weighted by atomic mass is 35.5. The van der Waals surface area contributed by atoms with Gasteiger partial charge in [0.2, 0.25) is 0 Å². The van der Waals surface area contributed by atoms with Crippen molar-refractivity contribution in [2.45, 2.75) is 6.10 Å². The number of hydrogen-bond donors (Lipinski definition) is 1. The van der Waals surface area contributed by atoms with E-state index >= 15 is 0 Å². The Morgan fingerprint density at radius 2 is 2.00 bits per heavy atom. The van der Waals surface area contributed by atoms with Gasteiger partial charge in [-0.05, 0) is 11.6 Å². The molecule has 1 atom stereocenters. The van der Waals surface area contributed by atoms with Crippen LogP contribution >= 0.6 is 11.6 Å². The first-order valence-electron chi connectivity index (χ1n) is 5.68. The van der Waals surface area contributed by atoms with Gasteiger partial charge in [-0.25, -0.2) is 4.39 Å². The number of ether oxygens (including phenoxy) is 1. The van der Waals surface area contributed by atoms with E-state index in [1.54, 1.807) is 6.07 Å². The molecule has 1 N–H and O–H groups in total. The molecule has 2 aromatic rings. The lowest BCUT2D eigenvalue weighted by Crippen LogP contribution is -2.23. The van der Waals surface area contributed by atoms with Crippen LogP contribution in [0.4, 0.5) is 10.1 Å². The second-order valence-electron chi connectivity index (χ2n) is 4.16. The fraction of sp³-hybridized carbons (Fsp3) is 0.143.